The number of ether oxygens (including phenoxy) is 1. The molecular weight excluding hydrogens is 529 g/mol. The van der Waals surface area contributed by atoms with E-state index < -0.39 is 29.7 Å². The summed E-state index contributed by atoms with van der Waals surface area (Å²) in [5.41, 5.74) is 1.91. The fourth-order valence-corrected chi connectivity index (χ4v) is 6.21. The number of nitrogens with one attached hydrogen (secondary N) is 2. The molecule has 0 aromatic heterocycles. The average molecular weight is 564 g/mol. The molecule has 3 fully saturated rings. The van der Waals surface area contributed by atoms with Crippen LogP contribution < -0.4 is 10.6 Å². The van der Waals surface area contributed by atoms with Crippen LogP contribution in [0.1, 0.15) is 58.5 Å². The van der Waals surface area contributed by atoms with Crippen LogP contribution in [0.15, 0.2) is 36.4 Å². The lowest BCUT2D eigenvalue weighted by atomic mass is 10.0. The van der Waals surface area contributed by atoms with Gasteiger partial charge in [0.05, 0.1) is 23.3 Å². The molecule has 4 amide bonds. The van der Waals surface area contributed by atoms with Crippen molar-refractivity contribution in [2.24, 2.45) is 0 Å². The van der Waals surface area contributed by atoms with Gasteiger partial charge in [0, 0.05) is 63.0 Å². The fraction of sp³-hybridized carbons (Fsp3) is 0.467. The van der Waals surface area contributed by atoms with E-state index in [0.29, 0.717) is 23.8 Å². The largest absolute Gasteiger partial charge is 0.380 e. The molecule has 0 spiro atoms. The number of likely N-dealkylation sites (tertiary alicyclic amines) is 1. The van der Waals surface area contributed by atoms with E-state index in [9.17, 15) is 19.2 Å². The molecule has 41 heavy (non-hydrogen) atoms. The second kappa shape index (κ2) is 10.6. The number of anilines is 1. The number of rotatable bonds is 7. The summed E-state index contributed by atoms with van der Waals surface area (Å²) in [6.45, 7) is 9.53. The molecule has 3 saturated heterocycles. The van der Waals surface area contributed by atoms with E-state index in [1.165, 1.54) is 6.07 Å². The zero-order valence-electron chi connectivity index (χ0n) is 23.2. The molecule has 4 aliphatic heterocycles. The zero-order chi connectivity index (χ0) is 28.9. The molecule has 11 heteroatoms. The minimum Gasteiger partial charge on any atom is -0.380 e. The van der Waals surface area contributed by atoms with Gasteiger partial charge in [-0.1, -0.05) is 18.2 Å². The molecule has 0 saturated carbocycles. The highest BCUT2D eigenvalue weighted by Crippen LogP contribution is 2.33. The van der Waals surface area contributed by atoms with Crippen LogP contribution in [0.25, 0.3) is 0 Å². The highest BCUT2D eigenvalue weighted by Gasteiger charge is 2.45. The fourth-order valence-electron chi connectivity index (χ4n) is 6.21. The van der Waals surface area contributed by atoms with Crippen molar-refractivity contribution in [2.45, 2.75) is 57.5 Å². The number of benzene rings is 2. The maximum Gasteiger partial charge on any atom is 0.264 e. The molecular formula is C30H34FN5O5. The molecule has 1 unspecified atom stereocenters. The number of hydrogen-bond donors (Lipinski definition) is 2. The Morgan fingerprint density at radius 3 is 2.63 bits per heavy atom. The van der Waals surface area contributed by atoms with Gasteiger partial charge in [0.1, 0.15) is 11.9 Å². The van der Waals surface area contributed by atoms with E-state index in [1.807, 2.05) is 6.07 Å². The normalized spacial score (nSPS) is 23.4. The van der Waals surface area contributed by atoms with Crippen molar-refractivity contribution in [1.29, 1.82) is 0 Å². The van der Waals surface area contributed by atoms with Gasteiger partial charge in [-0.2, -0.15) is 0 Å². The smallest absolute Gasteiger partial charge is 0.264 e. The summed E-state index contributed by atoms with van der Waals surface area (Å²) >= 11 is 0. The molecule has 6 rings (SSSR count). The van der Waals surface area contributed by atoms with Gasteiger partial charge in [0.25, 0.3) is 11.8 Å². The van der Waals surface area contributed by atoms with Gasteiger partial charge >= 0.3 is 0 Å². The van der Waals surface area contributed by atoms with E-state index in [2.05, 4.69) is 34.3 Å². The standard InChI is InChI=1S/C30H34FN5O5/c1-30(2)17-35(10-11-41-30)20-15-34(16-20)14-18-6-7-19(22(31)12-18)13-32-23-5-3-4-21-26(23)29(40)36(28(21)39)24-8-9-25(37)33-27(24)38/h3-7,12,20,24,32H,8-11,13-17H2,1-2H3,(H,33,37,38). The molecule has 0 bridgehead atoms. The Hall–Kier alpha value is -3.67. The van der Waals surface area contributed by atoms with Crippen molar-refractivity contribution in [2.75, 3.05) is 38.1 Å². The van der Waals surface area contributed by atoms with Gasteiger partial charge in [-0.05, 0) is 44.0 Å². The summed E-state index contributed by atoms with van der Waals surface area (Å²) in [6.07, 6.45) is 0.134. The number of piperidine rings is 1. The third kappa shape index (κ3) is 5.37. The number of amides is 4. The Morgan fingerprint density at radius 1 is 1.10 bits per heavy atom. The van der Waals surface area contributed by atoms with Crippen LogP contribution in [0.3, 0.4) is 0 Å². The molecule has 4 heterocycles. The maximum atomic E-state index is 15.1. The third-order valence-corrected chi connectivity index (χ3v) is 8.37. The van der Waals surface area contributed by atoms with Crippen molar-refractivity contribution in [3.63, 3.8) is 0 Å². The minimum atomic E-state index is -1.04. The van der Waals surface area contributed by atoms with Gasteiger partial charge in [0.15, 0.2) is 0 Å². The van der Waals surface area contributed by atoms with Crippen molar-refractivity contribution in [3.05, 3.63) is 64.5 Å². The first-order valence-corrected chi connectivity index (χ1v) is 14.1. The Kier molecular flexibility index (Phi) is 7.13. The first-order chi connectivity index (χ1) is 19.6. The second-order valence-corrected chi connectivity index (χ2v) is 11.9. The molecule has 1 atom stereocenters. The van der Waals surface area contributed by atoms with Crippen LogP contribution in [0.5, 0.6) is 0 Å². The highest BCUT2D eigenvalue weighted by atomic mass is 19.1. The van der Waals surface area contributed by atoms with Crippen LogP contribution >= 0.6 is 0 Å². The number of carbonyl (C=O) groups is 4. The number of halogens is 1. The molecule has 0 aliphatic carbocycles. The third-order valence-electron chi connectivity index (χ3n) is 8.37. The predicted octanol–water partition coefficient (Wildman–Crippen LogP) is 2.13. The Labute approximate surface area is 237 Å². The van der Waals surface area contributed by atoms with E-state index in [4.69, 9.17) is 4.74 Å². The zero-order valence-corrected chi connectivity index (χ0v) is 23.2. The first kappa shape index (κ1) is 27.5. The molecule has 216 valence electrons. The molecule has 0 radical (unpaired) electrons. The first-order valence-electron chi connectivity index (χ1n) is 14.1. The van der Waals surface area contributed by atoms with Crippen molar-refractivity contribution in [3.8, 4) is 0 Å². The molecule has 2 aromatic carbocycles. The number of nitrogens with zero attached hydrogens (tertiary/aromatic N) is 3. The number of hydrogen-bond acceptors (Lipinski definition) is 8. The monoisotopic (exact) mass is 563 g/mol. The summed E-state index contributed by atoms with van der Waals surface area (Å²) in [5.74, 6) is -2.62. The summed E-state index contributed by atoms with van der Waals surface area (Å²) in [6, 6.07) is 9.49. The van der Waals surface area contributed by atoms with Crippen LogP contribution in [0.2, 0.25) is 0 Å². The Morgan fingerprint density at radius 2 is 1.90 bits per heavy atom. The van der Waals surface area contributed by atoms with Crippen molar-refractivity contribution < 1.29 is 28.3 Å². The summed E-state index contributed by atoms with van der Waals surface area (Å²) in [5, 5.41) is 5.30. The quantitative estimate of drug-likeness (QED) is 0.493. The van der Waals surface area contributed by atoms with Crippen LogP contribution in [-0.4, -0.2) is 88.8 Å². The van der Waals surface area contributed by atoms with Gasteiger partial charge in [-0.25, -0.2) is 4.39 Å². The van der Waals surface area contributed by atoms with Gasteiger partial charge in [-0.15, -0.1) is 0 Å². The predicted molar refractivity (Wildman–Crippen MR) is 148 cm³/mol. The molecule has 10 nitrogen and oxygen atoms in total. The second-order valence-electron chi connectivity index (χ2n) is 11.9. The Balaban J connectivity index is 1.07. The average Bonchev–Trinajstić information content (AvgIpc) is 3.15. The molecule has 2 N–H and O–H groups in total. The van der Waals surface area contributed by atoms with E-state index >= 15 is 4.39 Å². The maximum absolute atomic E-state index is 15.1. The number of carbonyl (C=O) groups excluding carboxylic acids is 4. The lowest BCUT2D eigenvalue weighted by molar-refractivity contribution is -0.136. The number of imide groups is 2. The number of fused-ring (bicyclic) bond motifs is 1. The van der Waals surface area contributed by atoms with Gasteiger partial charge in [0.2, 0.25) is 11.8 Å². The summed E-state index contributed by atoms with van der Waals surface area (Å²) in [7, 11) is 0. The molecule has 2 aromatic rings. The topological polar surface area (TPSA) is 111 Å². The SMILES string of the molecule is CC1(C)CN(C2CN(Cc3ccc(CNc4cccc5c4C(=O)N(C4CCC(=O)NC4=O)C5=O)c(F)c3)C2)CCO1. The van der Waals surface area contributed by atoms with E-state index in [0.717, 1.165) is 43.2 Å². The number of morpholine rings is 1. The lowest BCUT2D eigenvalue weighted by Gasteiger charge is -2.49. The van der Waals surface area contributed by atoms with Crippen molar-refractivity contribution >= 4 is 29.3 Å². The van der Waals surface area contributed by atoms with Crippen LogP contribution in [0.4, 0.5) is 10.1 Å². The highest BCUT2D eigenvalue weighted by molar-refractivity contribution is 6.25. The summed E-state index contributed by atoms with van der Waals surface area (Å²) in [4.78, 5) is 55.9. The minimum absolute atomic E-state index is 0.0503. The van der Waals surface area contributed by atoms with E-state index in [1.54, 1.807) is 24.3 Å². The molecule has 4 aliphatic rings. The van der Waals surface area contributed by atoms with E-state index in [-0.39, 0.29) is 41.9 Å². The Bertz CT molecular complexity index is 1420. The van der Waals surface area contributed by atoms with Crippen molar-refractivity contribution in [1.82, 2.24) is 20.0 Å². The lowest BCUT2D eigenvalue weighted by Crippen LogP contribution is -2.63. The van der Waals surface area contributed by atoms with Crippen LogP contribution in [-0.2, 0) is 27.4 Å². The van der Waals surface area contributed by atoms with Gasteiger partial charge in [-0.3, -0.25) is 39.2 Å². The van der Waals surface area contributed by atoms with Crippen LogP contribution in [0, 0.1) is 5.82 Å². The van der Waals surface area contributed by atoms with Gasteiger partial charge < -0.3 is 10.1 Å². The summed E-state index contributed by atoms with van der Waals surface area (Å²) < 4.78 is 20.9.